The fraction of sp³-hybridized carbons (Fsp3) is 0.273. The maximum atomic E-state index is 16.0. The molecule has 3 heterocycles. The minimum Gasteiger partial charge on any atom is -0.477 e. The molecule has 1 saturated heterocycles. The largest absolute Gasteiger partial charge is 0.477 e. The van der Waals surface area contributed by atoms with Gasteiger partial charge in [-0.15, -0.1) is 11.8 Å². The summed E-state index contributed by atoms with van der Waals surface area (Å²) in [5, 5.41) is 13.6. The number of aromatic nitrogens is 1. The van der Waals surface area contributed by atoms with Crippen LogP contribution >= 0.6 is 23.5 Å². The van der Waals surface area contributed by atoms with E-state index in [9.17, 15) is 14.7 Å². The second kappa shape index (κ2) is 8.22. The second-order valence-electron chi connectivity index (χ2n) is 7.40. The summed E-state index contributed by atoms with van der Waals surface area (Å²) in [6.07, 6.45) is 0. The van der Waals surface area contributed by atoms with E-state index in [4.69, 9.17) is 0 Å². The standard InChI is InChI=1S/C22H20FN3O3S2/c23-18-15(25-8-6-24-7-9-25)12-14-16(20(18)31-13-4-2-1-3-5-13)19(27)17(22(28)29)21-26(14)10-11-30-21/h1-5,12,24H,6-11H2,(H,28,29). The summed E-state index contributed by atoms with van der Waals surface area (Å²) >= 11 is 2.54. The first kappa shape index (κ1) is 20.4. The van der Waals surface area contributed by atoms with Crippen LogP contribution in [0.5, 0.6) is 0 Å². The van der Waals surface area contributed by atoms with Gasteiger partial charge >= 0.3 is 5.97 Å². The molecule has 0 radical (unpaired) electrons. The van der Waals surface area contributed by atoms with Crippen LogP contribution in [0.25, 0.3) is 10.9 Å². The lowest BCUT2D eigenvalue weighted by Crippen LogP contribution is -2.44. The van der Waals surface area contributed by atoms with E-state index in [0.29, 0.717) is 41.6 Å². The summed E-state index contributed by atoms with van der Waals surface area (Å²) in [6, 6.07) is 11.0. The monoisotopic (exact) mass is 457 g/mol. The smallest absolute Gasteiger partial charge is 0.342 e. The molecule has 0 unspecified atom stereocenters. The number of hydrogen-bond acceptors (Lipinski definition) is 6. The quantitative estimate of drug-likeness (QED) is 0.621. The zero-order valence-corrected chi connectivity index (χ0v) is 18.2. The molecular weight excluding hydrogens is 437 g/mol. The number of aryl methyl sites for hydroxylation is 1. The van der Waals surface area contributed by atoms with Crippen LogP contribution in [0.1, 0.15) is 10.4 Å². The van der Waals surface area contributed by atoms with Gasteiger partial charge in [-0.25, -0.2) is 9.18 Å². The Morgan fingerprint density at radius 3 is 2.61 bits per heavy atom. The number of benzene rings is 2. The summed E-state index contributed by atoms with van der Waals surface area (Å²) in [5.41, 5.74) is 0.177. The van der Waals surface area contributed by atoms with Gasteiger partial charge in [-0.3, -0.25) is 4.79 Å². The Hall–Kier alpha value is -2.49. The van der Waals surface area contributed by atoms with Gasteiger partial charge in [0.25, 0.3) is 0 Å². The molecule has 2 aromatic carbocycles. The molecule has 0 spiro atoms. The topological polar surface area (TPSA) is 74.6 Å². The van der Waals surface area contributed by atoms with E-state index >= 15 is 4.39 Å². The van der Waals surface area contributed by atoms with Gasteiger partial charge in [-0.2, -0.15) is 0 Å². The number of pyridine rings is 1. The van der Waals surface area contributed by atoms with E-state index in [1.54, 1.807) is 6.07 Å². The second-order valence-corrected chi connectivity index (χ2v) is 9.57. The first-order valence-corrected chi connectivity index (χ1v) is 11.8. The predicted octanol–water partition coefficient (Wildman–Crippen LogP) is 3.51. The number of carboxylic acid groups (broad SMARTS) is 1. The highest BCUT2D eigenvalue weighted by Crippen LogP contribution is 2.41. The van der Waals surface area contributed by atoms with E-state index in [1.165, 1.54) is 23.5 Å². The van der Waals surface area contributed by atoms with Crippen LogP contribution in [0.15, 0.2) is 56.0 Å². The van der Waals surface area contributed by atoms with Crippen molar-refractivity contribution in [3.63, 3.8) is 0 Å². The molecule has 6 nitrogen and oxygen atoms in total. The fourth-order valence-electron chi connectivity index (χ4n) is 4.14. The van der Waals surface area contributed by atoms with Gasteiger partial charge in [0.05, 0.1) is 26.5 Å². The van der Waals surface area contributed by atoms with E-state index in [2.05, 4.69) is 5.32 Å². The molecule has 0 saturated carbocycles. The van der Waals surface area contributed by atoms with Gasteiger partial charge in [0.15, 0.2) is 5.82 Å². The molecule has 2 aliphatic heterocycles. The Morgan fingerprint density at radius 2 is 1.90 bits per heavy atom. The molecule has 3 aromatic rings. The Bertz CT molecular complexity index is 1240. The molecule has 9 heteroatoms. The molecule has 2 N–H and O–H groups in total. The average molecular weight is 458 g/mol. The first-order chi connectivity index (χ1) is 15.1. The number of piperazine rings is 1. The third kappa shape index (κ3) is 3.50. The van der Waals surface area contributed by atoms with Gasteiger partial charge in [0.2, 0.25) is 5.43 Å². The van der Waals surface area contributed by atoms with Gasteiger partial charge < -0.3 is 19.9 Å². The molecule has 0 bridgehead atoms. The molecule has 31 heavy (non-hydrogen) atoms. The van der Waals surface area contributed by atoms with E-state index in [0.717, 1.165) is 18.0 Å². The van der Waals surface area contributed by atoms with Crippen molar-refractivity contribution in [1.82, 2.24) is 9.88 Å². The highest BCUT2D eigenvalue weighted by Gasteiger charge is 2.30. The normalized spacial score (nSPS) is 16.0. The number of rotatable bonds is 4. The zero-order valence-electron chi connectivity index (χ0n) is 16.6. The Morgan fingerprint density at radius 1 is 1.16 bits per heavy atom. The Balaban J connectivity index is 1.84. The zero-order chi connectivity index (χ0) is 21.5. The third-order valence-corrected chi connectivity index (χ3v) is 7.75. The van der Waals surface area contributed by atoms with Crippen LogP contribution in [-0.4, -0.2) is 47.6 Å². The fourth-order valence-corrected chi connectivity index (χ4v) is 6.30. The maximum Gasteiger partial charge on any atom is 0.342 e. The Kier molecular flexibility index (Phi) is 5.41. The highest BCUT2D eigenvalue weighted by atomic mass is 32.2. The number of nitrogens with zero attached hydrogens (tertiary/aromatic N) is 2. The summed E-state index contributed by atoms with van der Waals surface area (Å²) in [7, 11) is 0. The van der Waals surface area contributed by atoms with Crippen molar-refractivity contribution in [2.24, 2.45) is 0 Å². The first-order valence-electron chi connectivity index (χ1n) is 10.0. The molecule has 160 valence electrons. The van der Waals surface area contributed by atoms with Crippen molar-refractivity contribution in [2.45, 2.75) is 21.4 Å². The van der Waals surface area contributed by atoms with Crippen molar-refractivity contribution in [1.29, 1.82) is 0 Å². The van der Waals surface area contributed by atoms with Gasteiger partial charge in [-0.05, 0) is 18.2 Å². The number of carbonyl (C=O) groups is 1. The van der Waals surface area contributed by atoms with Crippen LogP contribution in [0.4, 0.5) is 10.1 Å². The number of halogens is 1. The van der Waals surface area contributed by atoms with Crippen molar-refractivity contribution in [3.8, 4) is 0 Å². The van der Waals surface area contributed by atoms with Crippen molar-refractivity contribution in [2.75, 3.05) is 36.8 Å². The highest BCUT2D eigenvalue weighted by molar-refractivity contribution is 7.99. The lowest BCUT2D eigenvalue weighted by Gasteiger charge is -2.31. The van der Waals surface area contributed by atoms with E-state index in [-0.39, 0.29) is 15.8 Å². The number of hydrogen-bond donors (Lipinski definition) is 2. The molecule has 1 aromatic heterocycles. The minimum atomic E-state index is -1.27. The predicted molar refractivity (Wildman–Crippen MR) is 121 cm³/mol. The number of aromatic carboxylic acids is 1. The number of nitrogens with one attached hydrogen (secondary N) is 1. The van der Waals surface area contributed by atoms with Crippen LogP contribution in [0, 0.1) is 5.82 Å². The Labute approximate surface area is 186 Å². The summed E-state index contributed by atoms with van der Waals surface area (Å²) in [5.74, 6) is -1.06. The van der Waals surface area contributed by atoms with E-state index < -0.39 is 17.2 Å². The number of carboxylic acids is 1. The maximum absolute atomic E-state index is 16.0. The average Bonchev–Trinajstić information content (AvgIpc) is 3.26. The number of anilines is 1. The molecule has 2 aliphatic rings. The third-order valence-electron chi connectivity index (χ3n) is 5.57. The van der Waals surface area contributed by atoms with Crippen LogP contribution < -0.4 is 15.6 Å². The van der Waals surface area contributed by atoms with Crippen LogP contribution in [0.3, 0.4) is 0 Å². The van der Waals surface area contributed by atoms with E-state index in [1.807, 2.05) is 39.8 Å². The van der Waals surface area contributed by atoms with Crippen molar-refractivity contribution < 1.29 is 14.3 Å². The molecule has 1 fully saturated rings. The van der Waals surface area contributed by atoms with Gasteiger partial charge in [-0.1, -0.05) is 30.0 Å². The lowest BCUT2D eigenvalue weighted by atomic mass is 10.1. The molecular formula is C22H20FN3O3S2. The SMILES string of the molecule is O=C(O)c1c2n(c3cc(N4CCNCC4)c(F)c(Sc4ccccc4)c3c1=O)CCS2. The lowest BCUT2D eigenvalue weighted by molar-refractivity contribution is 0.0690. The molecule has 5 rings (SSSR count). The summed E-state index contributed by atoms with van der Waals surface area (Å²) in [4.78, 5) is 28.3. The summed E-state index contributed by atoms with van der Waals surface area (Å²) < 4.78 is 17.8. The van der Waals surface area contributed by atoms with Crippen molar-refractivity contribution >= 4 is 46.1 Å². The van der Waals surface area contributed by atoms with Gasteiger partial charge in [0, 0.05) is 43.4 Å². The number of thioether (sulfide) groups is 1. The summed E-state index contributed by atoms with van der Waals surface area (Å²) in [6.45, 7) is 3.42. The van der Waals surface area contributed by atoms with Crippen LogP contribution in [-0.2, 0) is 6.54 Å². The molecule has 0 atom stereocenters. The molecule has 0 aliphatic carbocycles. The van der Waals surface area contributed by atoms with Crippen molar-refractivity contribution in [3.05, 3.63) is 58.0 Å². The number of fused-ring (bicyclic) bond motifs is 3. The van der Waals surface area contributed by atoms with Crippen LogP contribution in [0.2, 0.25) is 0 Å². The minimum absolute atomic E-state index is 0.147. The molecule has 0 amide bonds. The van der Waals surface area contributed by atoms with Gasteiger partial charge in [0.1, 0.15) is 5.56 Å².